The highest BCUT2D eigenvalue weighted by Gasteiger charge is 2.54. The molecule has 116 valence electrons. The number of aromatic nitrogens is 2. The Morgan fingerprint density at radius 3 is 2.95 bits per heavy atom. The normalized spacial score (nSPS) is 28.5. The highest BCUT2D eigenvalue weighted by Crippen LogP contribution is 2.35. The Hall–Kier alpha value is -1.97. The number of anilines is 1. The third kappa shape index (κ3) is 2.62. The van der Waals surface area contributed by atoms with Crippen LogP contribution in [-0.4, -0.2) is 51.2 Å². The molecular formula is C12H17N3O6. The number of ether oxygens (including phenoxy) is 2. The number of nitrogens with two attached hydrogens (primary N) is 1. The van der Waals surface area contributed by atoms with Crippen molar-refractivity contribution in [1.82, 2.24) is 9.55 Å². The Labute approximate surface area is 119 Å². The van der Waals surface area contributed by atoms with Crippen molar-refractivity contribution in [1.29, 1.82) is 0 Å². The van der Waals surface area contributed by atoms with E-state index < -0.39 is 36.2 Å². The van der Waals surface area contributed by atoms with Gasteiger partial charge in [-0.2, -0.15) is 4.98 Å². The lowest BCUT2D eigenvalue weighted by atomic mass is 10.1. The number of hydrogen-bond acceptors (Lipinski definition) is 8. The van der Waals surface area contributed by atoms with Crippen LogP contribution < -0.4 is 11.4 Å². The number of carbonyl (C=O) groups excluding carboxylic acids is 1. The van der Waals surface area contributed by atoms with E-state index in [9.17, 15) is 19.8 Å². The van der Waals surface area contributed by atoms with Gasteiger partial charge in [0.1, 0.15) is 11.9 Å². The summed E-state index contributed by atoms with van der Waals surface area (Å²) in [5.41, 5.74) is 2.74. The van der Waals surface area contributed by atoms with Gasteiger partial charge in [0, 0.05) is 12.6 Å². The summed E-state index contributed by atoms with van der Waals surface area (Å²) in [5, 5.41) is 19.1. The summed E-state index contributed by atoms with van der Waals surface area (Å²) in [6.45, 7) is 1.17. The van der Waals surface area contributed by atoms with Crippen LogP contribution >= 0.6 is 0 Å². The Balaban J connectivity index is 2.52. The Bertz CT molecular complexity index is 589. The quantitative estimate of drug-likeness (QED) is 0.553. The molecule has 0 saturated carbocycles. The maximum atomic E-state index is 12.3. The average molecular weight is 299 g/mol. The summed E-state index contributed by atoms with van der Waals surface area (Å²) in [4.78, 5) is 27.8. The molecule has 1 aromatic rings. The summed E-state index contributed by atoms with van der Waals surface area (Å²) < 4.78 is 11.3. The van der Waals surface area contributed by atoms with Gasteiger partial charge in [-0.3, -0.25) is 4.57 Å². The van der Waals surface area contributed by atoms with Gasteiger partial charge in [0.05, 0.1) is 19.3 Å². The Kier molecular flexibility index (Phi) is 4.26. The van der Waals surface area contributed by atoms with Crippen molar-refractivity contribution in [3.63, 3.8) is 0 Å². The van der Waals surface area contributed by atoms with E-state index in [1.165, 1.54) is 12.3 Å². The van der Waals surface area contributed by atoms with E-state index in [1.807, 2.05) is 0 Å². The first-order valence-electron chi connectivity index (χ1n) is 6.44. The van der Waals surface area contributed by atoms with Crippen molar-refractivity contribution in [3.05, 3.63) is 22.7 Å². The van der Waals surface area contributed by atoms with Crippen molar-refractivity contribution < 1.29 is 24.5 Å². The molecule has 3 atom stereocenters. The molecule has 0 amide bonds. The molecule has 4 N–H and O–H groups in total. The molecular weight excluding hydrogens is 282 g/mol. The van der Waals surface area contributed by atoms with Gasteiger partial charge in [-0.05, 0) is 13.0 Å². The zero-order chi connectivity index (χ0) is 15.6. The fraction of sp³-hybridized carbons (Fsp3) is 0.583. The third-order valence-corrected chi connectivity index (χ3v) is 3.25. The number of hydrogen-bond donors (Lipinski definition) is 3. The maximum Gasteiger partial charge on any atom is 0.360 e. The lowest BCUT2D eigenvalue weighted by Crippen LogP contribution is -2.49. The molecule has 9 heteroatoms. The number of rotatable bonds is 4. The first-order valence-corrected chi connectivity index (χ1v) is 6.44. The van der Waals surface area contributed by atoms with E-state index in [2.05, 4.69) is 4.98 Å². The van der Waals surface area contributed by atoms with Crippen molar-refractivity contribution in [2.45, 2.75) is 31.3 Å². The SMILES string of the molecule is CCOC(=O)[C@]1(n2ccc(N)nc2=O)C[C@H](O)[C@@H](CO)O1. The van der Waals surface area contributed by atoms with Crippen LogP contribution in [0, 0.1) is 0 Å². The minimum atomic E-state index is -1.86. The van der Waals surface area contributed by atoms with E-state index in [0.717, 1.165) is 4.57 Å². The molecule has 1 aromatic heterocycles. The monoisotopic (exact) mass is 299 g/mol. The number of aliphatic hydroxyl groups is 2. The van der Waals surface area contributed by atoms with Gasteiger partial charge in [-0.1, -0.05) is 0 Å². The van der Waals surface area contributed by atoms with E-state index in [-0.39, 0.29) is 18.8 Å². The molecule has 1 aliphatic heterocycles. The Morgan fingerprint density at radius 2 is 2.43 bits per heavy atom. The summed E-state index contributed by atoms with van der Waals surface area (Å²) >= 11 is 0. The Morgan fingerprint density at radius 1 is 1.71 bits per heavy atom. The summed E-state index contributed by atoms with van der Waals surface area (Å²) in [5.74, 6) is -0.846. The fourth-order valence-corrected chi connectivity index (χ4v) is 2.27. The van der Waals surface area contributed by atoms with Crippen LogP contribution in [0.4, 0.5) is 5.82 Å². The molecule has 0 bridgehead atoms. The summed E-state index contributed by atoms with van der Waals surface area (Å²) in [7, 11) is 0. The smallest absolute Gasteiger partial charge is 0.360 e. The first kappa shape index (κ1) is 15.4. The van der Waals surface area contributed by atoms with Crippen LogP contribution in [0.25, 0.3) is 0 Å². The second-order valence-corrected chi connectivity index (χ2v) is 4.62. The van der Waals surface area contributed by atoms with Crippen LogP contribution in [0.1, 0.15) is 13.3 Å². The number of nitrogens with zero attached hydrogens (tertiary/aromatic N) is 2. The van der Waals surface area contributed by atoms with Crippen molar-refractivity contribution in [3.8, 4) is 0 Å². The molecule has 0 spiro atoms. The molecule has 1 saturated heterocycles. The molecule has 0 aromatic carbocycles. The number of esters is 1. The number of carbonyl (C=O) groups is 1. The third-order valence-electron chi connectivity index (χ3n) is 3.25. The summed E-state index contributed by atoms with van der Waals surface area (Å²) in [6, 6.07) is 1.32. The molecule has 21 heavy (non-hydrogen) atoms. The lowest BCUT2D eigenvalue weighted by Gasteiger charge is -2.28. The number of nitrogen functional groups attached to an aromatic ring is 1. The van der Waals surface area contributed by atoms with E-state index in [0.29, 0.717) is 0 Å². The highest BCUT2D eigenvalue weighted by atomic mass is 16.6. The van der Waals surface area contributed by atoms with Gasteiger partial charge in [0.2, 0.25) is 0 Å². The molecule has 0 aliphatic carbocycles. The largest absolute Gasteiger partial charge is 0.462 e. The second-order valence-electron chi connectivity index (χ2n) is 4.62. The minimum Gasteiger partial charge on any atom is -0.462 e. The molecule has 0 unspecified atom stereocenters. The van der Waals surface area contributed by atoms with Gasteiger partial charge in [-0.15, -0.1) is 0 Å². The topological polar surface area (TPSA) is 137 Å². The first-order chi connectivity index (χ1) is 9.94. The zero-order valence-corrected chi connectivity index (χ0v) is 11.4. The van der Waals surface area contributed by atoms with Crippen molar-refractivity contribution in [2.24, 2.45) is 0 Å². The van der Waals surface area contributed by atoms with Crippen molar-refractivity contribution >= 4 is 11.8 Å². The van der Waals surface area contributed by atoms with Gasteiger partial charge in [-0.25, -0.2) is 9.59 Å². The second kappa shape index (κ2) is 5.80. The van der Waals surface area contributed by atoms with Crippen LogP contribution in [0.15, 0.2) is 17.1 Å². The van der Waals surface area contributed by atoms with Crippen LogP contribution in [0.3, 0.4) is 0 Å². The van der Waals surface area contributed by atoms with Crippen LogP contribution in [0.5, 0.6) is 0 Å². The predicted octanol–water partition coefficient (Wildman–Crippen LogP) is -1.82. The number of aliphatic hydroxyl groups excluding tert-OH is 2. The average Bonchev–Trinajstić information content (AvgIpc) is 2.77. The lowest BCUT2D eigenvalue weighted by molar-refractivity contribution is -0.188. The standard InChI is InChI=1S/C12H17N3O6/c1-2-20-10(18)12(5-7(17)8(6-16)21-12)15-4-3-9(13)14-11(15)19/h3-4,7-8,16-17H,2,5-6H2,1H3,(H2,13,14,19)/t7-,8+,12-/m0/s1. The van der Waals surface area contributed by atoms with E-state index in [1.54, 1.807) is 6.92 Å². The van der Waals surface area contributed by atoms with Gasteiger partial charge in [0.25, 0.3) is 5.72 Å². The molecule has 2 rings (SSSR count). The molecule has 1 aliphatic rings. The molecule has 1 fully saturated rings. The zero-order valence-electron chi connectivity index (χ0n) is 11.4. The van der Waals surface area contributed by atoms with Crippen LogP contribution in [-0.2, 0) is 20.0 Å². The minimum absolute atomic E-state index is 0.00693. The summed E-state index contributed by atoms with van der Waals surface area (Å²) in [6.07, 6.45) is -1.11. The molecule has 0 radical (unpaired) electrons. The van der Waals surface area contributed by atoms with E-state index in [4.69, 9.17) is 15.2 Å². The van der Waals surface area contributed by atoms with Gasteiger partial charge >= 0.3 is 11.7 Å². The molecule has 9 nitrogen and oxygen atoms in total. The van der Waals surface area contributed by atoms with Crippen molar-refractivity contribution in [2.75, 3.05) is 18.9 Å². The van der Waals surface area contributed by atoms with E-state index >= 15 is 0 Å². The van der Waals surface area contributed by atoms with Gasteiger partial charge in [0.15, 0.2) is 0 Å². The molecule has 2 heterocycles. The maximum absolute atomic E-state index is 12.3. The van der Waals surface area contributed by atoms with Crippen LogP contribution in [0.2, 0.25) is 0 Å². The predicted molar refractivity (Wildman–Crippen MR) is 70.1 cm³/mol. The fourth-order valence-electron chi connectivity index (χ4n) is 2.27. The highest BCUT2D eigenvalue weighted by molar-refractivity contribution is 5.77. The van der Waals surface area contributed by atoms with Gasteiger partial charge < -0.3 is 25.4 Å².